The van der Waals surface area contributed by atoms with Crippen molar-refractivity contribution in [3.8, 4) is 0 Å². The summed E-state index contributed by atoms with van der Waals surface area (Å²) < 4.78 is 1.97. The number of carbonyl (C=O) groups excluding carboxylic acids is 2. The van der Waals surface area contributed by atoms with Crippen molar-refractivity contribution in [3.63, 3.8) is 0 Å². The Morgan fingerprint density at radius 1 is 1.44 bits per heavy atom. The first-order valence-corrected chi connectivity index (χ1v) is 8.49. The molecule has 9 heteroatoms. The molecule has 0 aliphatic carbocycles. The highest BCUT2D eigenvalue weighted by Crippen LogP contribution is 2.30. The lowest BCUT2D eigenvalue weighted by atomic mass is 9.79. The number of aliphatic imine (C=N–C) groups is 1. The Morgan fingerprint density at radius 3 is 2.68 bits per heavy atom. The van der Waals surface area contributed by atoms with E-state index in [1.807, 2.05) is 24.7 Å². The van der Waals surface area contributed by atoms with Crippen LogP contribution in [0.4, 0.5) is 4.79 Å². The number of nitrogens with zero attached hydrogens (tertiary/aromatic N) is 4. The van der Waals surface area contributed by atoms with Crippen LogP contribution < -0.4 is 16.0 Å². The molecule has 2 saturated heterocycles. The topological polar surface area (TPSA) is 104 Å². The largest absolute Gasteiger partial charge is 0.349 e. The summed E-state index contributed by atoms with van der Waals surface area (Å²) in [6.07, 6.45) is 5.31. The Balaban J connectivity index is 1.56. The van der Waals surface area contributed by atoms with Crippen molar-refractivity contribution in [1.29, 1.82) is 0 Å². The van der Waals surface area contributed by atoms with Crippen LogP contribution in [0.25, 0.3) is 0 Å². The van der Waals surface area contributed by atoms with E-state index in [-0.39, 0.29) is 11.8 Å². The van der Waals surface area contributed by atoms with Crippen LogP contribution >= 0.6 is 0 Å². The number of hydrogen-bond acceptors (Lipinski definition) is 4. The number of aryl methyl sites for hydroxylation is 1. The Kier molecular flexibility index (Phi) is 4.65. The Labute approximate surface area is 146 Å². The van der Waals surface area contributed by atoms with E-state index < -0.39 is 11.6 Å². The minimum atomic E-state index is -0.812. The van der Waals surface area contributed by atoms with Crippen LogP contribution in [0, 0.1) is 5.92 Å². The zero-order chi connectivity index (χ0) is 18.0. The van der Waals surface area contributed by atoms with Gasteiger partial charge in [0.1, 0.15) is 11.4 Å². The molecule has 0 aromatic carbocycles. The van der Waals surface area contributed by atoms with Crippen molar-refractivity contribution in [2.45, 2.75) is 31.8 Å². The van der Waals surface area contributed by atoms with Crippen LogP contribution in [0.2, 0.25) is 0 Å². The molecular weight excluding hydrogens is 322 g/mol. The van der Waals surface area contributed by atoms with Crippen LogP contribution in [-0.4, -0.2) is 58.0 Å². The second-order valence-electron chi connectivity index (χ2n) is 6.73. The zero-order valence-electron chi connectivity index (χ0n) is 14.9. The quantitative estimate of drug-likeness (QED) is 0.399. The summed E-state index contributed by atoms with van der Waals surface area (Å²) in [6.45, 7) is 3.97. The van der Waals surface area contributed by atoms with Gasteiger partial charge in [0.25, 0.3) is 5.91 Å². The van der Waals surface area contributed by atoms with E-state index in [2.05, 4.69) is 30.8 Å². The second-order valence-corrected chi connectivity index (χ2v) is 6.73. The third kappa shape index (κ3) is 3.31. The van der Waals surface area contributed by atoms with Crippen molar-refractivity contribution in [2.75, 3.05) is 20.1 Å². The van der Waals surface area contributed by atoms with Crippen LogP contribution in [0.15, 0.2) is 17.4 Å². The number of imide groups is 1. The Hall–Kier alpha value is -2.58. The number of piperidine rings is 1. The third-order valence-corrected chi connectivity index (χ3v) is 5.22. The molecular formula is C16H25N7O2. The maximum absolute atomic E-state index is 12.1. The Bertz CT molecular complexity index is 690. The fourth-order valence-electron chi connectivity index (χ4n) is 3.57. The minimum absolute atomic E-state index is 0.114. The highest BCUT2D eigenvalue weighted by molar-refractivity contribution is 6.07. The first kappa shape index (κ1) is 17.2. The van der Waals surface area contributed by atoms with E-state index in [0.29, 0.717) is 6.54 Å². The summed E-state index contributed by atoms with van der Waals surface area (Å²) in [5.41, 5.74) is -0.812. The van der Waals surface area contributed by atoms with Crippen LogP contribution in [0.5, 0.6) is 0 Å². The predicted octanol–water partition coefficient (Wildman–Crippen LogP) is -0.194. The van der Waals surface area contributed by atoms with Crippen molar-refractivity contribution >= 4 is 17.9 Å². The van der Waals surface area contributed by atoms with Gasteiger partial charge in [0.05, 0.1) is 6.54 Å². The van der Waals surface area contributed by atoms with Gasteiger partial charge in [-0.2, -0.15) is 0 Å². The average molecular weight is 347 g/mol. The van der Waals surface area contributed by atoms with Gasteiger partial charge < -0.3 is 20.1 Å². The van der Waals surface area contributed by atoms with Crippen molar-refractivity contribution in [3.05, 3.63) is 18.2 Å². The van der Waals surface area contributed by atoms with Crippen LogP contribution in [0.3, 0.4) is 0 Å². The maximum Gasteiger partial charge on any atom is 0.322 e. The predicted molar refractivity (Wildman–Crippen MR) is 92.8 cm³/mol. The summed E-state index contributed by atoms with van der Waals surface area (Å²) in [7, 11) is 3.72. The number of likely N-dealkylation sites (tertiary alicyclic amines) is 1. The maximum atomic E-state index is 12.1. The Morgan fingerprint density at radius 2 is 2.16 bits per heavy atom. The molecule has 2 aliphatic heterocycles. The summed E-state index contributed by atoms with van der Waals surface area (Å²) in [4.78, 5) is 34.4. The monoisotopic (exact) mass is 347 g/mol. The van der Waals surface area contributed by atoms with Gasteiger partial charge in [0.15, 0.2) is 5.96 Å². The molecule has 25 heavy (non-hydrogen) atoms. The van der Waals surface area contributed by atoms with Gasteiger partial charge in [-0.15, -0.1) is 0 Å². The number of imidazole rings is 1. The lowest BCUT2D eigenvalue weighted by Gasteiger charge is -2.39. The smallest absolute Gasteiger partial charge is 0.322 e. The zero-order valence-corrected chi connectivity index (χ0v) is 14.9. The number of carbonyl (C=O) groups is 2. The van der Waals surface area contributed by atoms with Crippen molar-refractivity contribution in [1.82, 2.24) is 30.4 Å². The molecule has 3 amide bonds. The van der Waals surface area contributed by atoms with Gasteiger partial charge >= 0.3 is 6.03 Å². The number of rotatable bonds is 3. The molecule has 0 spiro atoms. The molecule has 1 unspecified atom stereocenters. The third-order valence-electron chi connectivity index (χ3n) is 5.22. The number of guanidine groups is 1. The van der Waals surface area contributed by atoms with Gasteiger partial charge in [-0.3, -0.25) is 15.1 Å². The summed E-state index contributed by atoms with van der Waals surface area (Å²) in [5.74, 6) is 1.65. The number of urea groups is 1. The highest BCUT2D eigenvalue weighted by Gasteiger charge is 2.48. The fraction of sp³-hybridized carbons (Fsp3) is 0.625. The first-order valence-electron chi connectivity index (χ1n) is 8.49. The van der Waals surface area contributed by atoms with Gasteiger partial charge in [-0.1, -0.05) is 0 Å². The van der Waals surface area contributed by atoms with E-state index >= 15 is 0 Å². The van der Waals surface area contributed by atoms with E-state index in [1.165, 1.54) is 0 Å². The lowest BCUT2D eigenvalue weighted by molar-refractivity contribution is -0.125. The minimum Gasteiger partial charge on any atom is -0.349 e. The van der Waals surface area contributed by atoms with Gasteiger partial charge in [0, 0.05) is 39.6 Å². The molecule has 0 saturated carbocycles. The molecule has 2 aliphatic rings. The van der Waals surface area contributed by atoms with Crippen LogP contribution in [-0.2, 0) is 18.4 Å². The molecule has 9 nitrogen and oxygen atoms in total. The molecule has 2 fully saturated rings. The number of hydrogen-bond donors (Lipinski definition) is 3. The molecule has 1 atom stereocenters. The summed E-state index contributed by atoms with van der Waals surface area (Å²) in [6, 6.07) is -0.400. The van der Waals surface area contributed by atoms with Gasteiger partial charge in [-0.25, -0.2) is 9.78 Å². The normalized spacial score (nSPS) is 25.1. The number of amides is 3. The van der Waals surface area contributed by atoms with Gasteiger partial charge in [-0.05, 0) is 25.7 Å². The molecule has 0 radical (unpaired) electrons. The highest BCUT2D eigenvalue weighted by atomic mass is 16.2. The van der Waals surface area contributed by atoms with E-state index in [1.54, 1.807) is 13.2 Å². The van der Waals surface area contributed by atoms with Crippen molar-refractivity contribution in [2.24, 2.45) is 18.0 Å². The molecule has 3 N–H and O–H groups in total. The summed E-state index contributed by atoms with van der Waals surface area (Å²) >= 11 is 0. The number of nitrogens with one attached hydrogen (secondary N) is 3. The standard InChI is InChI=1S/C16H25N7O2/c1-16(13(24)20-15(25)21-16)11-4-7-23(8-5-11)14(17-2)19-10-12-18-6-9-22(12)3/h6,9,11H,4-5,7-8,10H2,1-3H3,(H,17,19)(H2,20,21,24,25). The van der Waals surface area contributed by atoms with Crippen LogP contribution in [0.1, 0.15) is 25.6 Å². The molecule has 1 aromatic heterocycles. The number of aromatic nitrogens is 2. The van der Waals surface area contributed by atoms with Crippen molar-refractivity contribution < 1.29 is 9.59 Å². The molecule has 1 aromatic rings. The first-order chi connectivity index (χ1) is 11.9. The molecule has 3 heterocycles. The van der Waals surface area contributed by atoms with E-state index in [0.717, 1.165) is 37.7 Å². The SMILES string of the molecule is CN=C(NCc1nccn1C)N1CCC(C2(C)NC(=O)NC2=O)CC1. The molecule has 0 bridgehead atoms. The van der Waals surface area contributed by atoms with Gasteiger partial charge in [0.2, 0.25) is 0 Å². The van der Waals surface area contributed by atoms with E-state index in [4.69, 9.17) is 0 Å². The molecule has 3 rings (SSSR count). The molecule has 136 valence electrons. The fourth-order valence-corrected chi connectivity index (χ4v) is 3.57. The average Bonchev–Trinajstić information content (AvgIpc) is 3.12. The summed E-state index contributed by atoms with van der Waals surface area (Å²) in [5, 5.41) is 8.46. The second kappa shape index (κ2) is 6.73. The van der Waals surface area contributed by atoms with E-state index in [9.17, 15) is 9.59 Å². The lowest BCUT2D eigenvalue weighted by Crippen LogP contribution is -2.55.